The molecule has 0 saturated carbocycles. The van der Waals surface area contributed by atoms with Gasteiger partial charge in [0.15, 0.2) is 5.16 Å². The Kier molecular flexibility index (Phi) is 4.34. The first kappa shape index (κ1) is 17.7. The van der Waals surface area contributed by atoms with E-state index in [4.69, 9.17) is 9.97 Å². The average Bonchev–Trinajstić information content (AvgIpc) is 3.42. The summed E-state index contributed by atoms with van der Waals surface area (Å²) in [6.45, 7) is 2.06. The molecule has 0 spiro atoms. The standard InChI is InChI=1S/C20H16N4OS3/c1-12-5-3-7-24-9-13(21-17(12)24)10-28-20-22-18-16(19(25)23(20)2)14(11-27-18)15-6-4-8-26-15/h3-9,11H,10H2,1-2H3. The molecule has 5 nitrogen and oxygen atoms in total. The van der Waals surface area contributed by atoms with Gasteiger partial charge in [0.25, 0.3) is 5.56 Å². The second-order valence-corrected chi connectivity index (χ2v) is 9.26. The molecule has 0 bridgehead atoms. The molecule has 0 amide bonds. The molecule has 0 aliphatic rings. The maximum absolute atomic E-state index is 13.0. The Balaban J connectivity index is 1.50. The molecule has 28 heavy (non-hydrogen) atoms. The summed E-state index contributed by atoms with van der Waals surface area (Å²) in [6.07, 6.45) is 4.04. The molecular formula is C20H16N4OS3. The number of rotatable bonds is 4. The monoisotopic (exact) mass is 424 g/mol. The van der Waals surface area contributed by atoms with Crippen molar-refractivity contribution in [1.82, 2.24) is 18.9 Å². The number of imidazole rings is 1. The van der Waals surface area contributed by atoms with Crippen LogP contribution in [0.25, 0.3) is 26.3 Å². The first-order chi connectivity index (χ1) is 13.6. The number of hydrogen-bond donors (Lipinski definition) is 0. The third-order valence-corrected chi connectivity index (χ3v) is 7.48. The van der Waals surface area contributed by atoms with Gasteiger partial charge in [0.1, 0.15) is 10.5 Å². The van der Waals surface area contributed by atoms with Crippen molar-refractivity contribution in [3.63, 3.8) is 0 Å². The van der Waals surface area contributed by atoms with Crippen LogP contribution in [-0.2, 0) is 12.8 Å². The van der Waals surface area contributed by atoms with Gasteiger partial charge in [-0.05, 0) is 30.0 Å². The van der Waals surface area contributed by atoms with Crippen molar-refractivity contribution in [2.24, 2.45) is 7.05 Å². The molecule has 0 atom stereocenters. The van der Waals surface area contributed by atoms with Gasteiger partial charge in [-0.2, -0.15) is 0 Å². The van der Waals surface area contributed by atoms with Crippen molar-refractivity contribution in [2.75, 3.05) is 0 Å². The van der Waals surface area contributed by atoms with E-state index in [9.17, 15) is 4.79 Å². The van der Waals surface area contributed by atoms with Gasteiger partial charge in [-0.1, -0.05) is 23.9 Å². The van der Waals surface area contributed by atoms with Crippen LogP contribution < -0.4 is 5.56 Å². The lowest BCUT2D eigenvalue weighted by Crippen LogP contribution is -2.19. The number of aryl methyl sites for hydroxylation is 1. The highest BCUT2D eigenvalue weighted by atomic mass is 32.2. The van der Waals surface area contributed by atoms with Gasteiger partial charge in [-0.15, -0.1) is 22.7 Å². The number of thioether (sulfide) groups is 1. The summed E-state index contributed by atoms with van der Waals surface area (Å²) in [5, 5.41) is 5.48. The van der Waals surface area contributed by atoms with Crippen LogP contribution in [0.5, 0.6) is 0 Å². The van der Waals surface area contributed by atoms with E-state index in [0.29, 0.717) is 16.3 Å². The van der Waals surface area contributed by atoms with E-state index in [1.54, 1.807) is 34.7 Å². The van der Waals surface area contributed by atoms with Gasteiger partial charge in [0.05, 0.1) is 11.1 Å². The number of fused-ring (bicyclic) bond motifs is 2. The molecule has 0 saturated heterocycles. The maximum atomic E-state index is 13.0. The van der Waals surface area contributed by atoms with E-state index in [0.717, 1.165) is 32.2 Å². The highest BCUT2D eigenvalue weighted by molar-refractivity contribution is 7.98. The largest absolute Gasteiger partial charge is 0.307 e. The van der Waals surface area contributed by atoms with E-state index in [2.05, 4.69) is 13.0 Å². The summed E-state index contributed by atoms with van der Waals surface area (Å²) in [5.41, 5.74) is 4.07. The number of nitrogens with zero attached hydrogens (tertiary/aromatic N) is 4. The van der Waals surface area contributed by atoms with Crippen molar-refractivity contribution in [2.45, 2.75) is 17.8 Å². The summed E-state index contributed by atoms with van der Waals surface area (Å²) >= 11 is 4.71. The minimum absolute atomic E-state index is 0.00277. The Morgan fingerprint density at radius 3 is 2.86 bits per heavy atom. The average molecular weight is 425 g/mol. The fourth-order valence-corrected chi connectivity index (χ4v) is 5.87. The quantitative estimate of drug-likeness (QED) is 0.302. The molecule has 0 N–H and O–H groups in total. The summed E-state index contributed by atoms with van der Waals surface area (Å²) in [6, 6.07) is 8.12. The molecular weight excluding hydrogens is 408 g/mol. The molecule has 0 radical (unpaired) electrons. The van der Waals surface area contributed by atoms with Crippen LogP contribution in [0.4, 0.5) is 0 Å². The van der Waals surface area contributed by atoms with E-state index in [1.165, 1.54) is 11.3 Å². The topological polar surface area (TPSA) is 52.2 Å². The summed E-state index contributed by atoms with van der Waals surface area (Å²) < 4.78 is 3.69. The molecule has 5 aromatic rings. The first-order valence-corrected chi connectivity index (χ1v) is 11.4. The van der Waals surface area contributed by atoms with Gasteiger partial charge in [0.2, 0.25) is 0 Å². The molecule has 5 heterocycles. The molecule has 0 aromatic carbocycles. The lowest BCUT2D eigenvalue weighted by atomic mass is 10.2. The van der Waals surface area contributed by atoms with Crippen molar-refractivity contribution in [3.8, 4) is 10.4 Å². The summed E-state index contributed by atoms with van der Waals surface area (Å²) in [5.74, 6) is 0.663. The fraction of sp³-hybridized carbons (Fsp3) is 0.150. The molecule has 5 aromatic heterocycles. The van der Waals surface area contributed by atoms with Gasteiger partial charge >= 0.3 is 0 Å². The fourth-order valence-electron chi connectivity index (χ4n) is 3.21. The number of pyridine rings is 1. The van der Waals surface area contributed by atoms with Crippen LogP contribution >= 0.6 is 34.4 Å². The molecule has 8 heteroatoms. The van der Waals surface area contributed by atoms with Crippen molar-refractivity contribution >= 4 is 50.3 Å². The van der Waals surface area contributed by atoms with Gasteiger partial charge in [-0.25, -0.2) is 9.97 Å². The Bertz CT molecular complexity index is 1360. The van der Waals surface area contributed by atoms with E-state index >= 15 is 0 Å². The zero-order chi connectivity index (χ0) is 19.3. The second-order valence-electron chi connectivity index (χ2n) is 6.51. The lowest BCUT2D eigenvalue weighted by molar-refractivity contribution is 0.728. The second kappa shape index (κ2) is 6.88. The third kappa shape index (κ3) is 2.88. The SMILES string of the molecule is Cc1cccn2cc(CSc3nc4scc(-c5cccs5)c4c(=O)n3C)nc12. The molecule has 0 aliphatic heterocycles. The summed E-state index contributed by atoms with van der Waals surface area (Å²) in [7, 11) is 1.79. The number of aromatic nitrogens is 4. The number of hydrogen-bond acceptors (Lipinski definition) is 6. The van der Waals surface area contributed by atoms with Crippen molar-refractivity contribution < 1.29 is 0 Å². The highest BCUT2D eigenvalue weighted by Gasteiger charge is 2.16. The van der Waals surface area contributed by atoms with E-state index in [1.807, 2.05) is 45.8 Å². The van der Waals surface area contributed by atoms with Crippen LogP contribution in [0.2, 0.25) is 0 Å². The molecule has 5 rings (SSSR count). The smallest absolute Gasteiger partial charge is 0.263 e. The molecule has 0 aliphatic carbocycles. The minimum atomic E-state index is 0.00277. The predicted octanol–water partition coefficient (Wildman–Crippen LogP) is 4.97. The van der Waals surface area contributed by atoms with Crippen LogP contribution in [-0.4, -0.2) is 18.9 Å². The summed E-state index contributed by atoms with van der Waals surface area (Å²) in [4.78, 5) is 24.4. The Hall–Kier alpha value is -2.42. The van der Waals surface area contributed by atoms with E-state index < -0.39 is 0 Å². The predicted molar refractivity (Wildman–Crippen MR) is 118 cm³/mol. The molecule has 0 unspecified atom stereocenters. The van der Waals surface area contributed by atoms with E-state index in [-0.39, 0.29) is 5.56 Å². The molecule has 140 valence electrons. The van der Waals surface area contributed by atoms with Gasteiger partial charge < -0.3 is 4.40 Å². The molecule has 0 fully saturated rings. The third-order valence-electron chi connectivity index (χ3n) is 4.64. The lowest BCUT2D eigenvalue weighted by Gasteiger charge is -2.06. The zero-order valence-electron chi connectivity index (χ0n) is 15.2. The Morgan fingerprint density at radius 1 is 1.18 bits per heavy atom. The van der Waals surface area contributed by atoms with Gasteiger partial charge in [0, 0.05) is 41.0 Å². The number of thiophene rings is 2. The Morgan fingerprint density at radius 2 is 2.07 bits per heavy atom. The van der Waals surface area contributed by atoms with Crippen LogP contribution in [0, 0.1) is 6.92 Å². The zero-order valence-corrected chi connectivity index (χ0v) is 17.7. The highest BCUT2D eigenvalue weighted by Crippen LogP contribution is 2.34. The Labute approximate surface area is 173 Å². The normalized spacial score (nSPS) is 11.6. The first-order valence-electron chi connectivity index (χ1n) is 8.70. The van der Waals surface area contributed by atoms with Gasteiger partial charge in [-0.3, -0.25) is 9.36 Å². The van der Waals surface area contributed by atoms with Crippen molar-refractivity contribution in [3.05, 3.63) is 69.0 Å². The maximum Gasteiger partial charge on any atom is 0.263 e. The van der Waals surface area contributed by atoms with Crippen molar-refractivity contribution in [1.29, 1.82) is 0 Å². The van der Waals surface area contributed by atoms with Crippen LogP contribution in [0.1, 0.15) is 11.3 Å². The van der Waals surface area contributed by atoms with Crippen LogP contribution in [0.15, 0.2) is 57.4 Å². The minimum Gasteiger partial charge on any atom is -0.307 e. The van der Waals surface area contributed by atoms with Crippen LogP contribution in [0.3, 0.4) is 0 Å².